The fraction of sp³-hybridized carbons (Fsp3) is 0.417. The molecule has 1 heterocycles. The second-order valence-electron chi connectivity index (χ2n) is 4.47. The number of nitrogens with one attached hydrogen (secondary N) is 1. The Morgan fingerprint density at radius 2 is 2.00 bits per heavy atom. The highest BCUT2D eigenvalue weighted by atomic mass is 16.7. The highest BCUT2D eigenvalue weighted by molar-refractivity contribution is 5.73. The van der Waals surface area contributed by atoms with Crippen LogP contribution in [0.2, 0.25) is 0 Å². The first-order chi connectivity index (χ1) is 9.40. The van der Waals surface area contributed by atoms with Crippen molar-refractivity contribution in [3.8, 4) is 11.5 Å². The number of rotatable bonds is 5. The van der Waals surface area contributed by atoms with Crippen LogP contribution in [0.5, 0.6) is 11.5 Å². The van der Waals surface area contributed by atoms with Gasteiger partial charge in [-0.05, 0) is 19.9 Å². The molecule has 8 heteroatoms. The van der Waals surface area contributed by atoms with Gasteiger partial charge in [-0.3, -0.25) is 20.2 Å². The Labute approximate surface area is 114 Å². The largest absolute Gasteiger partial charge is 0.480 e. The van der Waals surface area contributed by atoms with Crippen molar-refractivity contribution in [2.24, 2.45) is 0 Å². The number of nitro benzene ring substituents is 1. The van der Waals surface area contributed by atoms with Crippen molar-refractivity contribution in [2.75, 3.05) is 6.79 Å². The summed E-state index contributed by atoms with van der Waals surface area (Å²) >= 11 is 0. The second-order valence-corrected chi connectivity index (χ2v) is 4.47. The number of nitrogens with zero attached hydrogens (tertiary/aromatic N) is 1. The summed E-state index contributed by atoms with van der Waals surface area (Å²) < 4.78 is 10.3. The first-order valence-electron chi connectivity index (χ1n) is 5.97. The average Bonchev–Trinajstić information content (AvgIpc) is 2.83. The molecule has 8 nitrogen and oxygen atoms in total. The van der Waals surface area contributed by atoms with E-state index in [1.54, 1.807) is 6.92 Å². The van der Waals surface area contributed by atoms with Gasteiger partial charge in [0.2, 0.25) is 6.79 Å². The third kappa shape index (κ3) is 2.64. The average molecular weight is 282 g/mol. The van der Waals surface area contributed by atoms with Crippen LogP contribution in [0.15, 0.2) is 12.1 Å². The van der Waals surface area contributed by atoms with E-state index in [0.29, 0.717) is 17.1 Å². The van der Waals surface area contributed by atoms with E-state index in [-0.39, 0.29) is 12.5 Å². The predicted molar refractivity (Wildman–Crippen MR) is 67.9 cm³/mol. The molecule has 20 heavy (non-hydrogen) atoms. The molecule has 1 unspecified atom stereocenters. The van der Waals surface area contributed by atoms with Crippen LogP contribution in [-0.4, -0.2) is 28.8 Å². The van der Waals surface area contributed by atoms with Crippen LogP contribution < -0.4 is 14.8 Å². The van der Waals surface area contributed by atoms with E-state index in [2.05, 4.69) is 5.32 Å². The molecule has 2 N–H and O–H groups in total. The number of hydrogen-bond acceptors (Lipinski definition) is 6. The van der Waals surface area contributed by atoms with Crippen LogP contribution in [0, 0.1) is 10.1 Å². The molecular formula is C12H14N2O6. The molecule has 2 rings (SSSR count). The summed E-state index contributed by atoms with van der Waals surface area (Å²) in [6.07, 6.45) is 0. The standard InChI is InChI=1S/C12H14N2O6/c1-6(13-7(2)12(15)16)8-3-10-11(20-5-19-10)4-9(8)14(17)18/h3-4,6-7,13H,5H2,1-2H3,(H,15,16)/t6?,7-/m1/s1. The van der Waals surface area contributed by atoms with E-state index in [1.807, 2.05) is 0 Å². The summed E-state index contributed by atoms with van der Waals surface area (Å²) in [4.78, 5) is 21.4. The van der Waals surface area contributed by atoms with E-state index < -0.39 is 23.0 Å². The van der Waals surface area contributed by atoms with Crippen LogP contribution in [0.1, 0.15) is 25.5 Å². The van der Waals surface area contributed by atoms with Gasteiger partial charge in [-0.2, -0.15) is 0 Å². The van der Waals surface area contributed by atoms with Gasteiger partial charge in [0.05, 0.1) is 16.6 Å². The number of ether oxygens (including phenoxy) is 2. The zero-order valence-electron chi connectivity index (χ0n) is 11.0. The zero-order chi connectivity index (χ0) is 14.9. The van der Waals surface area contributed by atoms with Crippen LogP contribution >= 0.6 is 0 Å². The van der Waals surface area contributed by atoms with Crippen LogP contribution in [0.4, 0.5) is 5.69 Å². The van der Waals surface area contributed by atoms with Crippen molar-refractivity contribution in [3.63, 3.8) is 0 Å². The monoisotopic (exact) mass is 282 g/mol. The Hall–Kier alpha value is -2.35. The van der Waals surface area contributed by atoms with Crippen molar-refractivity contribution in [2.45, 2.75) is 25.9 Å². The third-order valence-electron chi connectivity index (χ3n) is 3.06. The number of aliphatic carboxylic acids is 1. The molecule has 0 spiro atoms. The summed E-state index contributed by atoms with van der Waals surface area (Å²) in [6.45, 7) is 3.14. The third-order valence-corrected chi connectivity index (χ3v) is 3.06. The number of fused-ring (bicyclic) bond motifs is 1. The van der Waals surface area contributed by atoms with E-state index in [4.69, 9.17) is 14.6 Å². The maximum absolute atomic E-state index is 11.1. The SMILES string of the molecule is CC(N[C@H](C)C(=O)O)c1cc2c(cc1[N+](=O)[O-])OCO2. The van der Waals surface area contributed by atoms with Crippen LogP contribution in [-0.2, 0) is 4.79 Å². The zero-order valence-corrected chi connectivity index (χ0v) is 11.0. The van der Waals surface area contributed by atoms with Crippen molar-refractivity contribution in [1.29, 1.82) is 0 Å². The lowest BCUT2D eigenvalue weighted by Gasteiger charge is -2.17. The first kappa shape index (κ1) is 14.1. The Bertz CT molecular complexity index is 559. The van der Waals surface area contributed by atoms with Crippen molar-refractivity contribution in [3.05, 3.63) is 27.8 Å². The first-order valence-corrected chi connectivity index (χ1v) is 5.97. The predicted octanol–water partition coefficient (Wildman–Crippen LogP) is 1.45. The lowest BCUT2D eigenvalue weighted by atomic mass is 10.0. The van der Waals surface area contributed by atoms with Crippen molar-refractivity contribution < 1.29 is 24.3 Å². The van der Waals surface area contributed by atoms with Gasteiger partial charge in [-0.1, -0.05) is 0 Å². The van der Waals surface area contributed by atoms with Gasteiger partial charge in [0.1, 0.15) is 6.04 Å². The van der Waals surface area contributed by atoms with E-state index >= 15 is 0 Å². The van der Waals surface area contributed by atoms with E-state index in [9.17, 15) is 14.9 Å². The summed E-state index contributed by atoms with van der Waals surface area (Å²) in [5, 5.41) is 22.8. The highest BCUT2D eigenvalue weighted by Crippen LogP contribution is 2.40. The quantitative estimate of drug-likeness (QED) is 0.621. The smallest absolute Gasteiger partial charge is 0.320 e. The minimum Gasteiger partial charge on any atom is -0.480 e. The molecule has 1 aromatic carbocycles. The number of nitro groups is 1. The lowest BCUT2D eigenvalue weighted by molar-refractivity contribution is -0.385. The van der Waals surface area contributed by atoms with Gasteiger partial charge in [0, 0.05) is 6.04 Å². The van der Waals surface area contributed by atoms with Gasteiger partial charge in [-0.15, -0.1) is 0 Å². The minimum absolute atomic E-state index is 0.0171. The maximum atomic E-state index is 11.1. The molecule has 1 aromatic rings. The Balaban J connectivity index is 2.34. The molecule has 0 radical (unpaired) electrons. The number of hydrogen-bond donors (Lipinski definition) is 2. The van der Waals surface area contributed by atoms with Gasteiger partial charge >= 0.3 is 5.97 Å². The Kier molecular flexibility index (Phi) is 3.75. The maximum Gasteiger partial charge on any atom is 0.320 e. The summed E-state index contributed by atoms with van der Waals surface area (Å²) in [5.41, 5.74) is 0.221. The van der Waals surface area contributed by atoms with Gasteiger partial charge < -0.3 is 14.6 Å². The number of benzene rings is 1. The van der Waals surface area contributed by atoms with E-state index in [1.165, 1.54) is 19.1 Å². The Morgan fingerprint density at radius 1 is 1.40 bits per heavy atom. The summed E-state index contributed by atoms with van der Waals surface area (Å²) in [6, 6.07) is 1.46. The molecule has 0 aliphatic carbocycles. The van der Waals surface area contributed by atoms with Gasteiger partial charge in [0.25, 0.3) is 5.69 Å². The lowest BCUT2D eigenvalue weighted by Crippen LogP contribution is -2.35. The molecule has 0 fully saturated rings. The van der Waals surface area contributed by atoms with E-state index in [0.717, 1.165) is 0 Å². The summed E-state index contributed by atoms with van der Waals surface area (Å²) in [5.74, 6) is -0.290. The topological polar surface area (TPSA) is 111 Å². The second kappa shape index (κ2) is 5.33. The number of carboxylic acids is 1. The highest BCUT2D eigenvalue weighted by Gasteiger charge is 2.27. The fourth-order valence-corrected chi connectivity index (χ4v) is 1.99. The van der Waals surface area contributed by atoms with Gasteiger partial charge in [-0.25, -0.2) is 0 Å². The molecule has 0 saturated carbocycles. The molecule has 108 valence electrons. The summed E-state index contributed by atoms with van der Waals surface area (Å²) in [7, 11) is 0. The molecule has 0 bridgehead atoms. The molecular weight excluding hydrogens is 268 g/mol. The molecule has 0 aromatic heterocycles. The Morgan fingerprint density at radius 3 is 2.55 bits per heavy atom. The fourth-order valence-electron chi connectivity index (χ4n) is 1.99. The van der Waals surface area contributed by atoms with Crippen LogP contribution in [0.3, 0.4) is 0 Å². The number of carbonyl (C=O) groups is 1. The van der Waals surface area contributed by atoms with Crippen molar-refractivity contribution in [1.82, 2.24) is 5.32 Å². The van der Waals surface area contributed by atoms with Gasteiger partial charge in [0.15, 0.2) is 11.5 Å². The molecule has 2 atom stereocenters. The normalized spacial score (nSPS) is 15.7. The molecule has 1 aliphatic heterocycles. The van der Waals surface area contributed by atoms with Crippen LogP contribution in [0.25, 0.3) is 0 Å². The minimum atomic E-state index is -1.03. The molecule has 0 amide bonds. The molecule has 0 saturated heterocycles. The number of carboxylic acid groups (broad SMARTS) is 1. The van der Waals surface area contributed by atoms with Crippen molar-refractivity contribution >= 4 is 11.7 Å². The molecule has 1 aliphatic rings.